The second-order valence-corrected chi connectivity index (χ2v) is 6.28. The Kier molecular flexibility index (Phi) is 4.90. The Morgan fingerprint density at radius 3 is 2.59 bits per heavy atom. The van der Waals surface area contributed by atoms with Gasteiger partial charge in [-0.15, -0.1) is 0 Å². The normalized spacial score (nSPS) is 22.1. The van der Waals surface area contributed by atoms with Crippen molar-refractivity contribution in [1.29, 1.82) is 0 Å². The van der Waals surface area contributed by atoms with Gasteiger partial charge in [-0.05, 0) is 50.8 Å². The quantitative estimate of drug-likeness (QED) is 0.920. The molecule has 0 spiro atoms. The van der Waals surface area contributed by atoms with E-state index in [0.717, 1.165) is 43.5 Å². The maximum absolute atomic E-state index is 9.23. The number of benzene rings is 1. The Labute approximate surface area is 131 Å². The molecule has 0 saturated heterocycles. The summed E-state index contributed by atoms with van der Waals surface area (Å²) in [6.45, 7) is 1.14. The maximum Gasteiger partial charge on any atom is 0.226 e. The second-order valence-electron chi connectivity index (χ2n) is 6.28. The third-order valence-electron chi connectivity index (χ3n) is 4.68. The van der Waals surface area contributed by atoms with Crippen molar-refractivity contribution in [3.05, 3.63) is 42.3 Å². The molecule has 1 saturated carbocycles. The van der Waals surface area contributed by atoms with E-state index in [9.17, 15) is 5.11 Å². The number of aliphatic hydroxyl groups is 1. The summed E-state index contributed by atoms with van der Waals surface area (Å²) in [6.07, 6.45) is 6.33. The summed E-state index contributed by atoms with van der Waals surface area (Å²) in [5.74, 6) is 1.19. The summed E-state index contributed by atoms with van der Waals surface area (Å²) < 4.78 is 5.60. The van der Waals surface area contributed by atoms with Crippen LogP contribution in [-0.4, -0.2) is 34.7 Å². The van der Waals surface area contributed by atoms with Gasteiger partial charge >= 0.3 is 0 Å². The fraction of sp³-hybridized carbons (Fsp3) is 0.500. The van der Waals surface area contributed by atoms with Crippen LogP contribution >= 0.6 is 0 Å². The van der Waals surface area contributed by atoms with Crippen LogP contribution in [0.1, 0.15) is 31.4 Å². The zero-order valence-corrected chi connectivity index (χ0v) is 13.1. The molecule has 1 aliphatic carbocycles. The van der Waals surface area contributed by atoms with Crippen LogP contribution in [0.5, 0.6) is 0 Å². The molecule has 22 heavy (non-hydrogen) atoms. The summed E-state index contributed by atoms with van der Waals surface area (Å²) in [7, 11) is 2.15. The first-order valence-electron chi connectivity index (χ1n) is 8.07. The summed E-state index contributed by atoms with van der Waals surface area (Å²) in [5.41, 5.74) is 1.99. The van der Waals surface area contributed by atoms with Gasteiger partial charge in [-0.2, -0.15) is 0 Å². The minimum absolute atomic E-state index is 0.333. The largest absolute Gasteiger partial charge is 0.444 e. The first-order valence-corrected chi connectivity index (χ1v) is 8.07. The predicted octanol–water partition coefficient (Wildman–Crippen LogP) is 3.32. The molecule has 1 aromatic heterocycles. The van der Waals surface area contributed by atoms with E-state index in [2.05, 4.69) is 16.9 Å². The molecule has 1 fully saturated rings. The van der Waals surface area contributed by atoms with E-state index >= 15 is 0 Å². The molecule has 118 valence electrons. The van der Waals surface area contributed by atoms with E-state index in [1.165, 1.54) is 0 Å². The van der Waals surface area contributed by atoms with Crippen molar-refractivity contribution >= 4 is 0 Å². The molecule has 0 amide bonds. The number of hydrogen-bond acceptors (Lipinski definition) is 4. The average Bonchev–Trinajstić information content (AvgIpc) is 3.04. The fourth-order valence-corrected chi connectivity index (χ4v) is 3.25. The third kappa shape index (κ3) is 3.57. The number of oxazole rings is 1. The zero-order chi connectivity index (χ0) is 15.4. The molecule has 1 heterocycles. The lowest BCUT2D eigenvalue weighted by molar-refractivity contribution is 0.123. The van der Waals surface area contributed by atoms with Crippen molar-refractivity contribution in [1.82, 2.24) is 9.88 Å². The van der Waals surface area contributed by atoms with Crippen molar-refractivity contribution in [3.8, 4) is 11.5 Å². The minimum atomic E-state index is 0.333. The van der Waals surface area contributed by atoms with Crippen LogP contribution in [0.15, 0.2) is 41.0 Å². The molecule has 4 heteroatoms. The van der Waals surface area contributed by atoms with E-state index in [4.69, 9.17) is 4.42 Å². The molecule has 4 nitrogen and oxygen atoms in total. The third-order valence-corrected chi connectivity index (χ3v) is 4.68. The second kappa shape index (κ2) is 7.07. The van der Waals surface area contributed by atoms with Crippen molar-refractivity contribution < 1.29 is 9.52 Å². The van der Waals surface area contributed by atoms with E-state index in [1.807, 2.05) is 30.3 Å². The van der Waals surface area contributed by atoms with Crippen molar-refractivity contribution in [2.24, 2.45) is 5.92 Å². The molecule has 3 rings (SSSR count). The lowest BCUT2D eigenvalue weighted by atomic mass is 9.86. The Morgan fingerprint density at radius 2 is 1.91 bits per heavy atom. The number of aliphatic hydroxyl groups excluding tert-OH is 1. The van der Waals surface area contributed by atoms with Crippen molar-refractivity contribution in [2.45, 2.75) is 38.3 Å². The van der Waals surface area contributed by atoms with Gasteiger partial charge in [0.05, 0.1) is 5.69 Å². The van der Waals surface area contributed by atoms with Crippen LogP contribution in [0.2, 0.25) is 0 Å². The minimum Gasteiger partial charge on any atom is -0.444 e. The van der Waals surface area contributed by atoms with Crippen LogP contribution < -0.4 is 0 Å². The van der Waals surface area contributed by atoms with Gasteiger partial charge in [-0.1, -0.05) is 18.2 Å². The molecular formula is C18H24N2O2. The standard InChI is InChI=1S/C18H24N2O2/c1-20(17-9-7-14(12-21)8-10-17)11-16-13-22-18(19-16)15-5-3-2-4-6-15/h2-6,13-14,17,21H,7-12H2,1H3. The van der Waals surface area contributed by atoms with Crippen LogP contribution in [0.4, 0.5) is 0 Å². The predicted molar refractivity (Wildman–Crippen MR) is 86.2 cm³/mol. The molecular weight excluding hydrogens is 276 g/mol. The molecule has 0 aliphatic heterocycles. The summed E-state index contributed by atoms with van der Waals surface area (Å²) in [6, 6.07) is 10.6. The van der Waals surface area contributed by atoms with Gasteiger partial charge < -0.3 is 9.52 Å². The number of nitrogens with zero attached hydrogens (tertiary/aromatic N) is 2. The highest BCUT2D eigenvalue weighted by molar-refractivity contribution is 5.52. The molecule has 0 radical (unpaired) electrons. The van der Waals surface area contributed by atoms with Gasteiger partial charge in [-0.3, -0.25) is 4.90 Å². The van der Waals surface area contributed by atoms with Gasteiger partial charge in [0.15, 0.2) is 0 Å². The van der Waals surface area contributed by atoms with Gasteiger partial charge in [0.1, 0.15) is 6.26 Å². The molecule has 1 N–H and O–H groups in total. The van der Waals surface area contributed by atoms with Crippen molar-refractivity contribution in [2.75, 3.05) is 13.7 Å². The summed E-state index contributed by atoms with van der Waals surface area (Å²) >= 11 is 0. The smallest absolute Gasteiger partial charge is 0.226 e. The SMILES string of the molecule is CN(Cc1coc(-c2ccccc2)n1)C1CCC(CO)CC1. The first kappa shape index (κ1) is 15.3. The van der Waals surface area contributed by atoms with E-state index in [0.29, 0.717) is 24.5 Å². The molecule has 1 aliphatic rings. The number of aromatic nitrogens is 1. The van der Waals surface area contributed by atoms with Gasteiger partial charge in [0.25, 0.3) is 0 Å². The molecule has 0 atom stereocenters. The highest BCUT2D eigenvalue weighted by Gasteiger charge is 2.24. The van der Waals surface area contributed by atoms with E-state index < -0.39 is 0 Å². The van der Waals surface area contributed by atoms with Crippen LogP contribution in [0, 0.1) is 5.92 Å². The number of hydrogen-bond donors (Lipinski definition) is 1. The molecule has 0 unspecified atom stereocenters. The monoisotopic (exact) mass is 300 g/mol. The Hall–Kier alpha value is -1.65. The Balaban J connectivity index is 1.58. The highest BCUT2D eigenvalue weighted by Crippen LogP contribution is 2.27. The highest BCUT2D eigenvalue weighted by atomic mass is 16.3. The van der Waals surface area contributed by atoms with E-state index in [1.54, 1.807) is 6.26 Å². The fourth-order valence-electron chi connectivity index (χ4n) is 3.25. The lowest BCUT2D eigenvalue weighted by Gasteiger charge is -2.33. The van der Waals surface area contributed by atoms with Crippen molar-refractivity contribution in [3.63, 3.8) is 0 Å². The molecule has 0 bridgehead atoms. The Morgan fingerprint density at radius 1 is 1.18 bits per heavy atom. The van der Waals surface area contributed by atoms with Gasteiger partial charge in [0.2, 0.25) is 5.89 Å². The Bertz CT molecular complexity index is 574. The molecule has 2 aromatic rings. The average molecular weight is 300 g/mol. The lowest BCUT2D eigenvalue weighted by Crippen LogP contribution is -2.35. The van der Waals surface area contributed by atoms with Gasteiger partial charge in [-0.25, -0.2) is 4.98 Å². The summed E-state index contributed by atoms with van der Waals surface area (Å²) in [4.78, 5) is 6.96. The molecule has 1 aromatic carbocycles. The summed E-state index contributed by atoms with van der Waals surface area (Å²) in [5, 5.41) is 9.23. The number of rotatable bonds is 5. The van der Waals surface area contributed by atoms with Crippen LogP contribution in [0.25, 0.3) is 11.5 Å². The zero-order valence-electron chi connectivity index (χ0n) is 13.1. The van der Waals surface area contributed by atoms with Crippen LogP contribution in [0.3, 0.4) is 0 Å². The maximum atomic E-state index is 9.23. The first-order chi connectivity index (χ1) is 10.8. The van der Waals surface area contributed by atoms with E-state index in [-0.39, 0.29) is 0 Å². The topological polar surface area (TPSA) is 49.5 Å². The van der Waals surface area contributed by atoms with Gasteiger partial charge in [0, 0.05) is 24.8 Å². The van der Waals surface area contributed by atoms with Crippen LogP contribution in [-0.2, 0) is 6.54 Å².